The summed E-state index contributed by atoms with van der Waals surface area (Å²) in [6.45, 7) is 1.01. The maximum absolute atomic E-state index is 5.25. The van der Waals surface area contributed by atoms with Gasteiger partial charge in [-0.05, 0) is 0 Å². The number of epoxide rings is 1. The van der Waals surface area contributed by atoms with E-state index in [1.165, 1.54) is 40.3 Å². The van der Waals surface area contributed by atoms with Crippen molar-refractivity contribution in [1.29, 1.82) is 0 Å². The Bertz CT molecular complexity index is 223. The highest BCUT2D eigenvalue weighted by Gasteiger charge is 2.26. The maximum atomic E-state index is 5.25. The smallest absolute Gasteiger partial charge is 0.0900 e. The molecule has 4 atom stereocenters. The zero-order valence-electron chi connectivity index (χ0n) is 10.4. The van der Waals surface area contributed by atoms with Gasteiger partial charge in [0.1, 0.15) is 0 Å². The average molecular weight is 341 g/mol. The van der Waals surface area contributed by atoms with Crippen LogP contribution in [0.2, 0.25) is 0 Å². The van der Waals surface area contributed by atoms with Gasteiger partial charge >= 0.3 is 0 Å². The Hall–Kier alpha value is 1.71. The van der Waals surface area contributed by atoms with E-state index in [0.29, 0.717) is 6.10 Å². The molecular weight excluding hydrogens is 320 g/mol. The minimum absolute atomic E-state index is 0.598. The lowest BCUT2D eigenvalue weighted by atomic mass is 10.5. The van der Waals surface area contributed by atoms with E-state index in [9.17, 15) is 0 Å². The molecule has 0 radical (unpaired) electrons. The lowest BCUT2D eigenvalue weighted by Gasteiger charge is -2.27. The topological polar surface area (TPSA) is 12.5 Å². The largest absolute Gasteiger partial charge is 0.372 e. The summed E-state index contributed by atoms with van der Waals surface area (Å²) in [7, 11) is 0. The van der Waals surface area contributed by atoms with Crippen molar-refractivity contribution in [3.8, 4) is 0 Å². The van der Waals surface area contributed by atoms with Crippen LogP contribution in [0, 0.1) is 0 Å². The fourth-order valence-corrected chi connectivity index (χ4v) is 8.81. The van der Waals surface area contributed by atoms with Gasteiger partial charge in [-0.2, -0.15) is 58.8 Å². The highest BCUT2D eigenvalue weighted by Crippen LogP contribution is 2.36. The second-order valence-corrected chi connectivity index (χ2v) is 11.0. The van der Waals surface area contributed by atoms with Crippen molar-refractivity contribution in [3.05, 3.63) is 0 Å². The second-order valence-electron chi connectivity index (χ2n) is 4.90. The van der Waals surface area contributed by atoms with Gasteiger partial charge in [0.2, 0.25) is 0 Å². The summed E-state index contributed by atoms with van der Waals surface area (Å²) in [4.78, 5) is 0. The fourth-order valence-electron chi connectivity index (χ4n) is 1.77. The van der Waals surface area contributed by atoms with Gasteiger partial charge in [0, 0.05) is 56.0 Å². The minimum atomic E-state index is 0.598. The molecule has 3 fully saturated rings. The molecule has 0 aromatic carbocycles. The molecule has 0 saturated carbocycles. The summed E-state index contributed by atoms with van der Waals surface area (Å²) in [6.07, 6.45) is 0.598. The van der Waals surface area contributed by atoms with Gasteiger partial charge in [-0.15, -0.1) is 0 Å². The Kier molecular flexibility index (Phi) is 6.22. The molecule has 3 heterocycles. The summed E-state index contributed by atoms with van der Waals surface area (Å²) in [5.74, 6) is 9.49. The lowest BCUT2D eigenvalue weighted by Crippen LogP contribution is -2.25. The third kappa shape index (κ3) is 5.60. The SMILES string of the molecule is C1OC1CSCC1CSC(CSCC2CS2)CS1. The molecule has 3 aliphatic rings. The van der Waals surface area contributed by atoms with Crippen LogP contribution in [-0.4, -0.2) is 68.7 Å². The van der Waals surface area contributed by atoms with Gasteiger partial charge in [0.25, 0.3) is 0 Å². The summed E-state index contributed by atoms with van der Waals surface area (Å²) >= 11 is 10.8. The zero-order chi connectivity index (χ0) is 12.2. The molecule has 3 rings (SSSR count). The normalized spacial score (nSPS) is 38.7. The van der Waals surface area contributed by atoms with E-state index < -0.39 is 0 Å². The van der Waals surface area contributed by atoms with Crippen LogP contribution in [0.3, 0.4) is 0 Å². The van der Waals surface area contributed by atoms with Crippen LogP contribution in [0.4, 0.5) is 0 Å². The van der Waals surface area contributed by atoms with E-state index in [1.54, 1.807) is 0 Å². The fraction of sp³-hybridized carbons (Fsp3) is 1.00. The van der Waals surface area contributed by atoms with Crippen molar-refractivity contribution < 1.29 is 4.74 Å². The van der Waals surface area contributed by atoms with E-state index in [0.717, 1.165) is 22.4 Å². The summed E-state index contributed by atoms with van der Waals surface area (Å²) < 4.78 is 5.25. The molecule has 3 aliphatic heterocycles. The first kappa shape index (κ1) is 14.6. The van der Waals surface area contributed by atoms with Crippen molar-refractivity contribution in [2.45, 2.75) is 21.9 Å². The van der Waals surface area contributed by atoms with Crippen LogP contribution >= 0.6 is 58.8 Å². The summed E-state index contributed by atoms with van der Waals surface area (Å²) in [5.41, 5.74) is 0. The van der Waals surface area contributed by atoms with Crippen molar-refractivity contribution in [2.75, 3.05) is 46.9 Å². The van der Waals surface area contributed by atoms with Gasteiger partial charge in [-0.3, -0.25) is 0 Å². The third-order valence-electron chi connectivity index (χ3n) is 3.06. The molecule has 1 nitrogen and oxygen atoms in total. The van der Waals surface area contributed by atoms with E-state index >= 15 is 0 Å². The predicted octanol–water partition coefficient (Wildman–Crippen LogP) is 3.18. The van der Waals surface area contributed by atoms with Crippen molar-refractivity contribution in [2.24, 2.45) is 0 Å². The molecule has 0 spiro atoms. The lowest BCUT2D eigenvalue weighted by molar-refractivity contribution is 0.426. The Balaban J connectivity index is 1.21. The first-order valence-electron chi connectivity index (χ1n) is 6.52. The second kappa shape index (κ2) is 7.64. The highest BCUT2D eigenvalue weighted by atomic mass is 32.2. The standard InChI is InChI=1S/C12H20OS5/c1-9(13-1)2-14-3-10-6-17-11(7-16-10)4-15-5-12-8-18-12/h9-12H,1-8H2. The number of thioether (sulfide) groups is 5. The van der Waals surface area contributed by atoms with Gasteiger partial charge < -0.3 is 4.74 Å². The molecule has 0 bridgehead atoms. The van der Waals surface area contributed by atoms with E-state index in [4.69, 9.17) is 4.74 Å². The van der Waals surface area contributed by atoms with Crippen LogP contribution in [-0.2, 0) is 4.74 Å². The third-order valence-corrected chi connectivity index (χ3v) is 10.4. The average Bonchev–Trinajstić information content (AvgIpc) is 3.25. The van der Waals surface area contributed by atoms with Crippen LogP contribution < -0.4 is 0 Å². The molecule has 4 unspecified atom stereocenters. The summed E-state index contributed by atoms with van der Waals surface area (Å²) in [6, 6.07) is 0. The summed E-state index contributed by atoms with van der Waals surface area (Å²) in [5, 5.41) is 2.81. The van der Waals surface area contributed by atoms with E-state index in [1.807, 2.05) is 0 Å². The maximum Gasteiger partial charge on any atom is 0.0900 e. The molecule has 0 amide bonds. The van der Waals surface area contributed by atoms with Crippen LogP contribution in [0.1, 0.15) is 0 Å². The van der Waals surface area contributed by atoms with Gasteiger partial charge in [0.05, 0.1) is 12.7 Å². The molecule has 3 saturated heterocycles. The van der Waals surface area contributed by atoms with Gasteiger partial charge in [0.15, 0.2) is 0 Å². The zero-order valence-corrected chi connectivity index (χ0v) is 14.5. The Labute approximate surface area is 131 Å². The Morgan fingerprint density at radius 3 is 1.61 bits per heavy atom. The Morgan fingerprint density at radius 1 is 0.778 bits per heavy atom. The molecule has 18 heavy (non-hydrogen) atoms. The number of hydrogen-bond donors (Lipinski definition) is 0. The minimum Gasteiger partial charge on any atom is -0.372 e. The Morgan fingerprint density at radius 2 is 1.22 bits per heavy atom. The van der Waals surface area contributed by atoms with Crippen LogP contribution in [0.5, 0.6) is 0 Å². The quantitative estimate of drug-likeness (QED) is 0.625. The predicted molar refractivity (Wildman–Crippen MR) is 93.1 cm³/mol. The number of hydrogen-bond acceptors (Lipinski definition) is 6. The monoisotopic (exact) mass is 340 g/mol. The van der Waals surface area contributed by atoms with Gasteiger partial charge in [-0.25, -0.2) is 0 Å². The van der Waals surface area contributed by atoms with Gasteiger partial charge in [-0.1, -0.05) is 0 Å². The van der Waals surface area contributed by atoms with Crippen LogP contribution in [0.25, 0.3) is 0 Å². The van der Waals surface area contributed by atoms with E-state index in [2.05, 4.69) is 58.8 Å². The number of ether oxygens (including phenoxy) is 1. The number of rotatable bonds is 8. The molecule has 104 valence electrons. The first-order chi connectivity index (χ1) is 8.90. The molecule has 0 aromatic rings. The van der Waals surface area contributed by atoms with Crippen LogP contribution in [0.15, 0.2) is 0 Å². The molecule has 0 N–H and O–H groups in total. The highest BCUT2D eigenvalue weighted by molar-refractivity contribution is 8.10. The van der Waals surface area contributed by atoms with Crippen molar-refractivity contribution >= 4 is 58.8 Å². The van der Waals surface area contributed by atoms with Crippen molar-refractivity contribution in [3.63, 3.8) is 0 Å². The molecular formula is C12H20OS5. The molecule has 0 aromatic heterocycles. The molecule has 0 aliphatic carbocycles. The molecule has 6 heteroatoms. The van der Waals surface area contributed by atoms with E-state index in [-0.39, 0.29) is 0 Å². The van der Waals surface area contributed by atoms with Crippen molar-refractivity contribution in [1.82, 2.24) is 0 Å². The first-order valence-corrected chi connectivity index (χ1v) is 12.0.